The zero-order valence-corrected chi connectivity index (χ0v) is 11.5. The lowest BCUT2D eigenvalue weighted by Crippen LogP contribution is -2.28. The third kappa shape index (κ3) is 2.54. The van der Waals surface area contributed by atoms with Gasteiger partial charge >= 0.3 is 0 Å². The number of halogens is 1. The maximum atomic E-state index is 12.4. The highest BCUT2D eigenvalue weighted by Crippen LogP contribution is 2.27. The van der Waals surface area contributed by atoms with Crippen LogP contribution in [0.15, 0.2) is 36.2 Å². The van der Waals surface area contributed by atoms with Gasteiger partial charge in [-0.05, 0) is 19.5 Å². The van der Waals surface area contributed by atoms with E-state index in [0.717, 1.165) is 30.1 Å². The summed E-state index contributed by atoms with van der Waals surface area (Å²) in [4.78, 5) is 4.74. The highest BCUT2D eigenvalue weighted by Gasteiger charge is 2.20. The molecule has 0 radical (unpaired) electrons. The summed E-state index contributed by atoms with van der Waals surface area (Å²) in [6.45, 7) is -0.546. The van der Waals surface area contributed by atoms with Crippen molar-refractivity contribution in [1.82, 2.24) is 20.2 Å². The molecule has 1 aromatic rings. The summed E-state index contributed by atoms with van der Waals surface area (Å²) in [5.41, 5.74) is 1.88. The van der Waals surface area contributed by atoms with Crippen molar-refractivity contribution in [1.29, 1.82) is 0 Å². The average molecular weight is 274 g/mol. The Morgan fingerprint density at radius 3 is 3.20 bits per heavy atom. The van der Waals surface area contributed by atoms with Gasteiger partial charge in [-0.3, -0.25) is 0 Å². The lowest BCUT2D eigenvalue weighted by atomic mass is 9.96. The maximum absolute atomic E-state index is 12.4. The Balaban J connectivity index is 1.81. The van der Waals surface area contributed by atoms with Crippen LogP contribution < -0.4 is 10.6 Å². The van der Waals surface area contributed by atoms with Crippen molar-refractivity contribution in [2.75, 3.05) is 13.8 Å². The van der Waals surface area contributed by atoms with Gasteiger partial charge in [0, 0.05) is 36.5 Å². The van der Waals surface area contributed by atoms with Crippen LogP contribution in [0.4, 0.5) is 4.39 Å². The third-order valence-corrected chi connectivity index (χ3v) is 3.80. The molecule has 2 aliphatic rings. The van der Waals surface area contributed by atoms with E-state index in [1.165, 1.54) is 0 Å². The number of likely N-dealkylation sites (N-methyl/N-ethyl adjacent to an activating group) is 1. The lowest BCUT2D eigenvalue weighted by molar-refractivity contribution is 0.456. The number of nitrogens with one attached hydrogen (secondary N) is 2. The monoisotopic (exact) mass is 274 g/mol. The Morgan fingerprint density at radius 2 is 2.40 bits per heavy atom. The molecule has 0 amide bonds. The molecule has 1 aliphatic carbocycles. The van der Waals surface area contributed by atoms with Crippen LogP contribution >= 0.6 is 0 Å². The number of imidazole rings is 1. The van der Waals surface area contributed by atoms with Crippen LogP contribution in [0.5, 0.6) is 0 Å². The second-order valence-corrected chi connectivity index (χ2v) is 5.11. The summed E-state index contributed by atoms with van der Waals surface area (Å²) in [6.07, 6.45) is 14.1. The van der Waals surface area contributed by atoms with Crippen LogP contribution in [-0.2, 0) is 6.42 Å². The van der Waals surface area contributed by atoms with Crippen LogP contribution in [0, 0.1) is 0 Å². The number of nitrogens with zero attached hydrogens (tertiary/aromatic N) is 2. The van der Waals surface area contributed by atoms with E-state index in [2.05, 4.69) is 39.7 Å². The van der Waals surface area contributed by atoms with Gasteiger partial charge in [-0.15, -0.1) is 0 Å². The van der Waals surface area contributed by atoms with Gasteiger partial charge in [-0.1, -0.05) is 18.2 Å². The van der Waals surface area contributed by atoms with E-state index >= 15 is 0 Å². The second kappa shape index (κ2) is 5.63. The Labute approximate surface area is 118 Å². The molecule has 2 heterocycles. The Morgan fingerprint density at radius 1 is 1.50 bits per heavy atom. The smallest absolute Gasteiger partial charge is 0.159 e. The molecule has 20 heavy (non-hydrogen) atoms. The van der Waals surface area contributed by atoms with Gasteiger partial charge in [0.1, 0.15) is 5.82 Å². The number of hydrogen-bond donors (Lipinski definition) is 2. The molecular formula is C15H19FN4. The fraction of sp³-hybridized carbons (Fsp3) is 0.400. The predicted octanol–water partition coefficient (Wildman–Crippen LogP) is 1.94. The van der Waals surface area contributed by atoms with E-state index in [1.54, 1.807) is 0 Å². The van der Waals surface area contributed by atoms with Gasteiger partial charge in [0.05, 0.1) is 5.69 Å². The number of allylic oxidation sites excluding steroid dienone is 3. The molecule has 4 nitrogen and oxygen atoms in total. The number of hydrogen-bond acceptors (Lipinski definition) is 3. The maximum Gasteiger partial charge on any atom is 0.159 e. The predicted molar refractivity (Wildman–Crippen MR) is 77.8 cm³/mol. The van der Waals surface area contributed by atoms with E-state index in [9.17, 15) is 4.39 Å². The summed E-state index contributed by atoms with van der Waals surface area (Å²) in [5, 5.41) is 5.95. The standard InChI is InChI=1S/C15H19FN4/c1-17-12-5-6-20-9-14(19-15(20)8-12)11-3-2-4-13(7-11)18-10-16/h2,4-7,9,11-12,17-18H,3,8,10H2,1H3. The van der Waals surface area contributed by atoms with E-state index in [4.69, 9.17) is 4.98 Å². The molecule has 106 valence electrons. The molecular weight excluding hydrogens is 255 g/mol. The minimum atomic E-state index is -0.546. The number of rotatable bonds is 4. The summed E-state index contributed by atoms with van der Waals surface area (Å²) < 4.78 is 14.4. The fourth-order valence-electron chi connectivity index (χ4n) is 2.65. The van der Waals surface area contributed by atoms with Crippen LogP contribution in [0.3, 0.4) is 0 Å². The first-order valence-electron chi connectivity index (χ1n) is 6.91. The van der Waals surface area contributed by atoms with E-state index in [1.807, 2.05) is 19.2 Å². The van der Waals surface area contributed by atoms with Crippen molar-refractivity contribution >= 4 is 6.20 Å². The molecule has 0 aromatic carbocycles. The molecule has 1 aliphatic heterocycles. The van der Waals surface area contributed by atoms with Crippen LogP contribution in [0.1, 0.15) is 23.9 Å². The van der Waals surface area contributed by atoms with Crippen molar-refractivity contribution in [3.63, 3.8) is 0 Å². The van der Waals surface area contributed by atoms with Crippen molar-refractivity contribution in [3.8, 4) is 0 Å². The van der Waals surface area contributed by atoms with Crippen molar-refractivity contribution in [2.24, 2.45) is 0 Å². The second-order valence-electron chi connectivity index (χ2n) is 5.11. The quantitative estimate of drug-likeness (QED) is 0.825. The first kappa shape index (κ1) is 13.1. The summed E-state index contributed by atoms with van der Waals surface area (Å²) in [5.74, 6) is 1.29. The van der Waals surface area contributed by atoms with Gasteiger partial charge < -0.3 is 15.2 Å². The molecule has 1 aromatic heterocycles. The Bertz CT molecular complexity index is 570. The summed E-state index contributed by atoms with van der Waals surface area (Å²) >= 11 is 0. The molecule has 0 spiro atoms. The zero-order chi connectivity index (χ0) is 13.9. The summed E-state index contributed by atoms with van der Waals surface area (Å²) in [7, 11) is 1.96. The van der Waals surface area contributed by atoms with Crippen LogP contribution in [0.2, 0.25) is 0 Å². The minimum absolute atomic E-state index is 0.216. The minimum Gasteiger partial charge on any atom is -0.359 e. The molecule has 0 saturated carbocycles. The van der Waals surface area contributed by atoms with Crippen molar-refractivity contribution in [3.05, 3.63) is 47.7 Å². The van der Waals surface area contributed by atoms with Gasteiger partial charge in [0.2, 0.25) is 0 Å². The van der Waals surface area contributed by atoms with Crippen LogP contribution in [-0.4, -0.2) is 29.4 Å². The zero-order valence-electron chi connectivity index (χ0n) is 11.5. The molecule has 2 unspecified atom stereocenters. The third-order valence-electron chi connectivity index (χ3n) is 3.80. The van der Waals surface area contributed by atoms with Gasteiger partial charge in [0.25, 0.3) is 0 Å². The number of aromatic nitrogens is 2. The molecule has 2 N–H and O–H groups in total. The Kier molecular flexibility index (Phi) is 3.69. The fourth-order valence-corrected chi connectivity index (χ4v) is 2.65. The van der Waals surface area contributed by atoms with E-state index in [-0.39, 0.29) is 5.92 Å². The van der Waals surface area contributed by atoms with Gasteiger partial charge in [-0.2, -0.15) is 0 Å². The summed E-state index contributed by atoms with van der Waals surface area (Å²) in [6, 6.07) is 0.350. The topological polar surface area (TPSA) is 41.9 Å². The molecule has 0 saturated heterocycles. The highest BCUT2D eigenvalue weighted by molar-refractivity contribution is 5.36. The van der Waals surface area contributed by atoms with E-state index < -0.39 is 6.80 Å². The molecule has 3 rings (SSSR count). The molecule has 0 bridgehead atoms. The number of fused-ring (bicyclic) bond motifs is 1. The first-order valence-corrected chi connectivity index (χ1v) is 6.91. The molecule has 5 heteroatoms. The normalized spacial score (nSPS) is 24.4. The van der Waals surface area contributed by atoms with Crippen molar-refractivity contribution in [2.45, 2.75) is 24.8 Å². The lowest BCUT2D eigenvalue weighted by Gasteiger charge is -2.16. The largest absolute Gasteiger partial charge is 0.359 e. The van der Waals surface area contributed by atoms with Gasteiger partial charge in [0.15, 0.2) is 6.80 Å². The first-order chi connectivity index (χ1) is 9.80. The van der Waals surface area contributed by atoms with Crippen molar-refractivity contribution < 1.29 is 4.39 Å². The SMILES string of the molecule is CNC1C=Cn2cc(C3C=C(NCF)C=CC3)nc2C1. The van der Waals surface area contributed by atoms with Crippen LogP contribution in [0.25, 0.3) is 6.20 Å². The molecule has 0 fully saturated rings. The van der Waals surface area contributed by atoms with E-state index in [0.29, 0.717) is 6.04 Å². The van der Waals surface area contributed by atoms with Gasteiger partial charge in [-0.25, -0.2) is 9.37 Å². The highest BCUT2D eigenvalue weighted by atomic mass is 19.1. The average Bonchev–Trinajstić information content (AvgIpc) is 2.90. The molecule has 2 atom stereocenters. The Hall–Kier alpha value is -1.88. The number of alkyl halides is 1.